The molecule has 0 atom stereocenters. The average molecular weight is 232 g/mol. The smallest absolute Gasteiger partial charge is 0.154 e. The first kappa shape index (κ1) is 11.1. The van der Waals surface area contributed by atoms with Gasteiger partial charge < -0.3 is 5.11 Å². The fraction of sp³-hybridized carbons (Fsp3) is 0.167. The van der Waals surface area contributed by atoms with Gasteiger partial charge >= 0.3 is 0 Å². The summed E-state index contributed by atoms with van der Waals surface area (Å²) in [4.78, 5) is 9.42. The SMILES string of the molecule is CSc1ccc(-c2ccnc(CO)n2)cc1. The van der Waals surface area contributed by atoms with Crippen LogP contribution in [0.25, 0.3) is 11.3 Å². The summed E-state index contributed by atoms with van der Waals surface area (Å²) in [6, 6.07) is 10.00. The van der Waals surface area contributed by atoms with Gasteiger partial charge in [0.15, 0.2) is 5.82 Å². The summed E-state index contributed by atoms with van der Waals surface area (Å²) in [5, 5.41) is 8.96. The number of thioether (sulfide) groups is 1. The van der Waals surface area contributed by atoms with Crippen molar-refractivity contribution in [2.75, 3.05) is 6.26 Å². The molecular weight excluding hydrogens is 220 g/mol. The Morgan fingerprint density at radius 3 is 2.56 bits per heavy atom. The summed E-state index contributed by atoms with van der Waals surface area (Å²) in [6.07, 6.45) is 3.71. The van der Waals surface area contributed by atoms with E-state index in [0.717, 1.165) is 11.3 Å². The lowest BCUT2D eigenvalue weighted by Crippen LogP contribution is -1.95. The van der Waals surface area contributed by atoms with Crippen molar-refractivity contribution < 1.29 is 5.11 Å². The van der Waals surface area contributed by atoms with Crippen LogP contribution in [-0.2, 0) is 6.61 Å². The van der Waals surface area contributed by atoms with Crippen molar-refractivity contribution in [3.63, 3.8) is 0 Å². The molecule has 1 heterocycles. The minimum absolute atomic E-state index is 0.128. The Hall–Kier alpha value is -1.39. The van der Waals surface area contributed by atoms with E-state index in [4.69, 9.17) is 5.11 Å². The molecule has 1 N–H and O–H groups in total. The lowest BCUT2D eigenvalue weighted by atomic mass is 10.1. The first-order chi connectivity index (χ1) is 7.83. The third kappa shape index (κ3) is 2.40. The number of aromatic nitrogens is 2. The zero-order chi connectivity index (χ0) is 11.4. The second-order valence-corrected chi connectivity index (χ2v) is 4.12. The Morgan fingerprint density at radius 2 is 1.94 bits per heavy atom. The number of hydrogen-bond acceptors (Lipinski definition) is 4. The topological polar surface area (TPSA) is 46.0 Å². The van der Waals surface area contributed by atoms with Crippen molar-refractivity contribution in [2.24, 2.45) is 0 Å². The van der Waals surface area contributed by atoms with Gasteiger partial charge in [-0.3, -0.25) is 0 Å². The molecule has 3 nitrogen and oxygen atoms in total. The van der Waals surface area contributed by atoms with Gasteiger partial charge in [0.2, 0.25) is 0 Å². The maximum atomic E-state index is 8.96. The summed E-state index contributed by atoms with van der Waals surface area (Å²) >= 11 is 1.71. The van der Waals surface area contributed by atoms with Gasteiger partial charge in [-0.2, -0.15) is 0 Å². The molecule has 0 bridgehead atoms. The molecule has 0 aliphatic heterocycles. The molecule has 0 unspecified atom stereocenters. The maximum absolute atomic E-state index is 8.96. The van der Waals surface area contributed by atoms with E-state index in [0.29, 0.717) is 5.82 Å². The summed E-state index contributed by atoms with van der Waals surface area (Å²) < 4.78 is 0. The zero-order valence-electron chi connectivity index (χ0n) is 8.92. The van der Waals surface area contributed by atoms with Gasteiger partial charge in [-0.05, 0) is 24.5 Å². The monoisotopic (exact) mass is 232 g/mol. The second kappa shape index (κ2) is 5.09. The molecule has 0 aliphatic carbocycles. The molecule has 2 rings (SSSR count). The van der Waals surface area contributed by atoms with Crippen molar-refractivity contribution >= 4 is 11.8 Å². The van der Waals surface area contributed by atoms with Gasteiger partial charge in [0.05, 0.1) is 5.69 Å². The van der Waals surface area contributed by atoms with E-state index in [-0.39, 0.29) is 6.61 Å². The Morgan fingerprint density at radius 1 is 1.19 bits per heavy atom. The molecule has 1 aromatic carbocycles. The highest BCUT2D eigenvalue weighted by atomic mass is 32.2. The predicted molar refractivity (Wildman–Crippen MR) is 65.2 cm³/mol. The molecule has 0 spiro atoms. The largest absolute Gasteiger partial charge is 0.388 e. The summed E-state index contributed by atoms with van der Waals surface area (Å²) in [5.41, 5.74) is 1.88. The van der Waals surface area contributed by atoms with E-state index < -0.39 is 0 Å². The standard InChI is InChI=1S/C12H12N2OS/c1-16-10-4-2-9(3-5-10)11-6-7-13-12(8-15)14-11/h2-7,15H,8H2,1H3. The molecule has 1 aromatic heterocycles. The van der Waals surface area contributed by atoms with Crippen molar-refractivity contribution in [1.82, 2.24) is 9.97 Å². The maximum Gasteiger partial charge on any atom is 0.154 e. The molecule has 2 aromatic rings. The van der Waals surface area contributed by atoms with Crippen LogP contribution in [0.4, 0.5) is 0 Å². The predicted octanol–water partition coefficient (Wildman–Crippen LogP) is 2.36. The third-order valence-electron chi connectivity index (χ3n) is 2.23. The summed E-state index contributed by atoms with van der Waals surface area (Å²) in [6.45, 7) is -0.128. The lowest BCUT2D eigenvalue weighted by Gasteiger charge is -2.03. The minimum atomic E-state index is -0.128. The van der Waals surface area contributed by atoms with Gasteiger partial charge in [0.25, 0.3) is 0 Å². The van der Waals surface area contributed by atoms with Crippen LogP contribution in [0.1, 0.15) is 5.82 Å². The van der Waals surface area contributed by atoms with E-state index in [2.05, 4.69) is 22.1 Å². The Labute approximate surface area is 98.6 Å². The number of aliphatic hydroxyl groups is 1. The number of benzene rings is 1. The van der Waals surface area contributed by atoms with Crippen LogP contribution < -0.4 is 0 Å². The average Bonchev–Trinajstić information content (AvgIpc) is 2.39. The Bertz CT molecular complexity index is 471. The van der Waals surface area contributed by atoms with Crippen molar-refractivity contribution in [1.29, 1.82) is 0 Å². The molecule has 0 radical (unpaired) electrons. The van der Waals surface area contributed by atoms with E-state index in [1.807, 2.05) is 24.5 Å². The molecule has 0 amide bonds. The fourth-order valence-corrected chi connectivity index (χ4v) is 1.81. The first-order valence-corrected chi connectivity index (χ1v) is 6.13. The highest BCUT2D eigenvalue weighted by molar-refractivity contribution is 7.98. The van der Waals surface area contributed by atoms with Crippen LogP contribution in [0.3, 0.4) is 0 Å². The van der Waals surface area contributed by atoms with Crippen LogP contribution >= 0.6 is 11.8 Å². The molecule has 16 heavy (non-hydrogen) atoms. The van der Waals surface area contributed by atoms with Crippen LogP contribution in [0.5, 0.6) is 0 Å². The normalized spacial score (nSPS) is 10.4. The molecule has 0 aliphatic rings. The molecule has 0 fully saturated rings. The number of aliphatic hydroxyl groups excluding tert-OH is 1. The number of rotatable bonds is 3. The quantitative estimate of drug-likeness (QED) is 0.825. The Kier molecular flexibility index (Phi) is 3.54. The molecular formula is C12H12N2OS. The molecule has 0 saturated heterocycles. The molecule has 82 valence electrons. The van der Waals surface area contributed by atoms with Crippen molar-refractivity contribution in [3.8, 4) is 11.3 Å². The van der Waals surface area contributed by atoms with Crippen molar-refractivity contribution in [3.05, 3.63) is 42.4 Å². The molecule has 0 saturated carbocycles. The van der Waals surface area contributed by atoms with Gasteiger partial charge in [0, 0.05) is 16.7 Å². The number of hydrogen-bond donors (Lipinski definition) is 1. The van der Waals surface area contributed by atoms with E-state index in [1.54, 1.807) is 18.0 Å². The van der Waals surface area contributed by atoms with Crippen LogP contribution in [0.2, 0.25) is 0 Å². The van der Waals surface area contributed by atoms with Gasteiger partial charge in [-0.15, -0.1) is 11.8 Å². The second-order valence-electron chi connectivity index (χ2n) is 3.24. The van der Waals surface area contributed by atoms with Gasteiger partial charge in [0.1, 0.15) is 6.61 Å². The van der Waals surface area contributed by atoms with E-state index in [9.17, 15) is 0 Å². The highest BCUT2D eigenvalue weighted by Crippen LogP contribution is 2.21. The fourth-order valence-electron chi connectivity index (χ4n) is 1.40. The van der Waals surface area contributed by atoms with Crippen LogP contribution in [0.15, 0.2) is 41.4 Å². The first-order valence-electron chi connectivity index (χ1n) is 4.90. The summed E-state index contributed by atoms with van der Waals surface area (Å²) in [7, 11) is 0. The van der Waals surface area contributed by atoms with Gasteiger partial charge in [-0.25, -0.2) is 9.97 Å². The van der Waals surface area contributed by atoms with Crippen LogP contribution in [-0.4, -0.2) is 21.3 Å². The zero-order valence-corrected chi connectivity index (χ0v) is 9.74. The van der Waals surface area contributed by atoms with E-state index in [1.165, 1.54) is 4.90 Å². The van der Waals surface area contributed by atoms with Crippen LogP contribution in [0, 0.1) is 0 Å². The highest BCUT2D eigenvalue weighted by Gasteiger charge is 2.01. The van der Waals surface area contributed by atoms with Crippen molar-refractivity contribution in [2.45, 2.75) is 11.5 Å². The number of nitrogens with zero attached hydrogens (tertiary/aromatic N) is 2. The third-order valence-corrected chi connectivity index (χ3v) is 2.98. The summed E-state index contributed by atoms with van der Waals surface area (Å²) in [5.74, 6) is 0.450. The minimum Gasteiger partial charge on any atom is -0.388 e. The molecule has 4 heteroatoms. The lowest BCUT2D eigenvalue weighted by molar-refractivity contribution is 0.271. The van der Waals surface area contributed by atoms with Gasteiger partial charge in [-0.1, -0.05) is 12.1 Å². The van der Waals surface area contributed by atoms with E-state index >= 15 is 0 Å². The Balaban J connectivity index is 2.34.